The van der Waals surface area contributed by atoms with Crippen molar-refractivity contribution in [3.05, 3.63) is 44.1 Å². The molecule has 1 N–H and O–H groups in total. The molecule has 0 bridgehead atoms. The summed E-state index contributed by atoms with van der Waals surface area (Å²) in [7, 11) is 0. The van der Waals surface area contributed by atoms with Gasteiger partial charge in [-0.05, 0) is 12.1 Å². The molecule has 1 aromatic heterocycles. The number of hydrogen-bond acceptors (Lipinski definition) is 6. The summed E-state index contributed by atoms with van der Waals surface area (Å²) in [5.74, 6) is -0.458. The predicted octanol–water partition coefficient (Wildman–Crippen LogP) is 4.26. The molecule has 2 heterocycles. The van der Waals surface area contributed by atoms with Crippen LogP contribution < -0.4 is 14.8 Å². The fraction of sp³-hybridized carbons (Fsp3) is 0.188. The van der Waals surface area contributed by atoms with E-state index < -0.39 is 18.5 Å². The van der Waals surface area contributed by atoms with E-state index in [-0.39, 0.29) is 25.9 Å². The highest BCUT2D eigenvalue weighted by molar-refractivity contribution is 6.52. The van der Waals surface area contributed by atoms with Crippen molar-refractivity contribution in [1.29, 1.82) is 0 Å². The quantitative estimate of drug-likeness (QED) is 0.552. The Hall–Kier alpha value is -1.93. The summed E-state index contributed by atoms with van der Waals surface area (Å²) in [4.78, 5) is 27.8. The summed E-state index contributed by atoms with van der Waals surface area (Å²) in [5, 5.41) is 1.92. The van der Waals surface area contributed by atoms with Crippen LogP contribution in [-0.2, 0) is 9.53 Å². The average molecular weight is 452 g/mol. The first-order valence-electron chi connectivity index (χ1n) is 7.43. The molecule has 3 rings (SSSR count). The van der Waals surface area contributed by atoms with Gasteiger partial charge in [-0.1, -0.05) is 46.4 Å². The van der Waals surface area contributed by atoms with Crippen molar-refractivity contribution in [2.75, 3.05) is 25.1 Å². The SMILES string of the molecule is O=C(COC(=O)c1nc(Cl)c(Cl)c(Cl)c1Cl)Nc1ccc2c(c1)OCCO2. The van der Waals surface area contributed by atoms with E-state index in [1.165, 1.54) is 0 Å². The molecule has 1 amide bonds. The third kappa shape index (κ3) is 4.50. The average Bonchev–Trinajstić information content (AvgIpc) is 2.67. The van der Waals surface area contributed by atoms with Gasteiger partial charge in [-0.25, -0.2) is 9.78 Å². The fourth-order valence-corrected chi connectivity index (χ4v) is 2.95. The number of hydrogen-bond donors (Lipinski definition) is 1. The minimum Gasteiger partial charge on any atom is -0.486 e. The molecule has 0 saturated carbocycles. The van der Waals surface area contributed by atoms with Crippen molar-refractivity contribution in [3.63, 3.8) is 0 Å². The van der Waals surface area contributed by atoms with Gasteiger partial charge in [0.05, 0.1) is 15.1 Å². The molecule has 1 aliphatic rings. The number of nitrogens with one attached hydrogen (secondary N) is 1. The molecule has 0 fully saturated rings. The van der Waals surface area contributed by atoms with Crippen molar-refractivity contribution in [2.24, 2.45) is 0 Å². The van der Waals surface area contributed by atoms with E-state index in [1.807, 2.05) is 0 Å². The Bertz CT molecular complexity index is 922. The largest absolute Gasteiger partial charge is 0.486 e. The van der Waals surface area contributed by atoms with Crippen LogP contribution in [0.2, 0.25) is 20.2 Å². The van der Waals surface area contributed by atoms with Crippen LogP contribution in [0.1, 0.15) is 10.5 Å². The van der Waals surface area contributed by atoms with E-state index in [2.05, 4.69) is 10.3 Å². The van der Waals surface area contributed by atoms with E-state index in [9.17, 15) is 9.59 Å². The zero-order valence-corrected chi connectivity index (χ0v) is 16.4. The number of halogens is 4. The number of fused-ring (bicyclic) bond motifs is 1. The monoisotopic (exact) mass is 450 g/mol. The van der Waals surface area contributed by atoms with Crippen LogP contribution in [0.15, 0.2) is 18.2 Å². The zero-order valence-electron chi connectivity index (χ0n) is 13.4. The van der Waals surface area contributed by atoms with Gasteiger partial charge < -0.3 is 19.5 Å². The number of aromatic nitrogens is 1. The Morgan fingerprint density at radius 3 is 2.48 bits per heavy atom. The van der Waals surface area contributed by atoms with Crippen LogP contribution in [0.25, 0.3) is 0 Å². The lowest BCUT2D eigenvalue weighted by atomic mass is 10.2. The molecule has 7 nitrogen and oxygen atoms in total. The van der Waals surface area contributed by atoms with Gasteiger partial charge >= 0.3 is 5.97 Å². The molecule has 142 valence electrons. The number of esters is 1. The van der Waals surface area contributed by atoms with Gasteiger partial charge in [-0.2, -0.15) is 0 Å². The lowest BCUT2D eigenvalue weighted by Gasteiger charge is -2.19. The molecule has 2 aromatic rings. The zero-order chi connectivity index (χ0) is 19.6. The molecule has 0 unspecified atom stereocenters. The summed E-state index contributed by atoms with van der Waals surface area (Å²) in [6.45, 7) is 0.301. The number of ether oxygens (including phenoxy) is 3. The van der Waals surface area contributed by atoms with Gasteiger partial charge in [0.2, 0.25) is 0 Å². The number of nitrogens with zero attached hydrogens (tertiary/aromatic N) is 1. The van der Waals surface area contributed by atoms with E-state index in [4.69, 9.17) is 60.6 Å². The van der Waals surface area contributed by atoms with Crippen LogP contribution >= 0.6 is 46.4 Å². The van der Waals surface area contributed by atoms with Gasteiger partial charge in [0.15, 0.2) is 23.8 Å². The topological polar surface area (TPSA) is 86.8 Å². The lowest BCUT2D eigenvalue weighted by molar-refractivity contribution is -0.119. The van der Waals surface area contributed by atoms with Gasteiger partial charge in [0.1, 0.15) is 18.4 Å². The van der Waals surface area contributed by atoms with Gasteiger partial charge in [0, 0.05) is 11.8 Å². The van der Waals surface area contributed by atoms with Crippen molar-refractivity contribution in [2.45, 2.75) is 0 Å². The Balaban J connectivity index is 1.62. The Kier molecular flexibility index (Phi) is 6.16. The number of benzene rings is 1. The van der Waals surface area contributed by atoms with Crippen LogP contribution in [0, 0.1) is 0 Å². The fourth-order valence-electron chi connectivity index (χ4n) is 2.14. The predicted molar refractivity (Wildman–Crippen MR) is 101 cm³/mol. The van der Waals surface area contributed by atoms with Crippen LogP contribution in [0.4, 0.5) is 5.69 Å². The van der Waals surface area contributed by atoms with Crippen LogP contribution in [0.3, 0.4) is 0 Å². The number of anilines is 1. The number of rotatable bonds is 4. The molecule has 0 saturated heterocycles. The van der Waals surface area contributed by atoms with Gasteiger partial charge in [-0.15, -0.1) is 0 Å². The molecular weight excluding hydrogens is 442 g/mol. The van der Waals surface area contributed by atoms with E-state index in [0.29, 0.717) is 30.4 Å². The minimum atomic E-state index is -0.974. The second-order valence-electron chi connectivity index (χ2n) is 5.18. The first kappa shape index (κ1) is 19.8. The van der Waals surface area contributed by atoms with E-state index >= 15 is 0 Å². The molecule has 1 aliphatic heterocycles. The lowest BCUT2D eigenvalue weighted by Crippen LogP contribution is -2.22. The van der Waals surface area contributed by atoms with Gasteiger partial charge in [0.25, 0.3) is 5.91 Å². The second kappa shape index (κ2) is 8.39. The van der Waals surface area contributed by atoms with Crippen molar-refractivity contribution in [3.8, 4) is 11.5 Å². The number of carbonyl (C=O) groups is 2. The molecular formula is C16H10Cl4N2O5. The number of carbonyl (C=O) groups excluding carboxylic acids is 2. The maximum Gasteiger partial charge on any atom is 0.359 e. The number of pyridine rings is 1. The summed E-state index contributed by atoms with van der Waals surface area (Å²) in [6, 6.07) is 4.90. The summed E-state index contributed by atoms with van der Waals surface area (Å²) in [5.41, 5.74) is 0.109. The first-order chi connectivity index (χ1) is 12.9. The smallest absolute Gasteiger partial charge is 0.359 e. The van der Waals surface area contributed by atoms with Crippen LogP contribution in [0.5, 0.6) is 11.5 Å². The van der Waals surface area contributed by atoms with Crippen molar-refractivity contribution >= 4 is 64.0 Å². The van der Waals surface area contributed by atoms with E-state index in [1.54, 1.807) is 18.2 Å². The van der Waals surface area contributed by atoms with E-state index in [0.717, 1.165) is 0 Å². The highest BCUT2D eigenvalue weighted by Gasteiger charge is 2.22. The summed E-state index contributed by atoms with van der Waals surface area (Å²) < 4.78 is 15.7. The number of amides is 1. The maximum atomic E-state index is 12.1. The molecule has 0 aliphatic carbocycles. The molecule has 27 heavy (non-hydrogen) atoms. The highest BCUT2D eigenvalue weighted by atomic mass is 35.5. The normalized spacial score (nSPS) is 12.4. The summed E-state index contributed by atoms with van der Waals surface area (Å²) in [6.07, 6.45) is 0. The first-order valence-corrected chi connectivity index (χ1v) is 8.94. The molecule has 1 aromatic carbocycles. The molecule has 11 heteroatoms. The highest BCUT2D eigenvalue weighted by Crippen LogP contribution is 2.36. The molecule has 0 radical (unpaired) electrons. The van der Waals surface area contributed by atoms with Crippen molar-refractivity contribution < 1.29 is 23.8 Å². The third-order valence-corrected chi connectivity index (χ3v) is 5.02. The van der Waals surface area contributed by atoms with Crippen molar-refractivity contribution in [1.82, 2.24) is 4.98 Å². The second-order valence-corrected chi connectivity index (χ2v) is 6.67. The third-order valence-electron chi connectivity index (χ3n) is 3.34. The molecule has 0 spiro atoms. The Labute approximate surface area is 173 Å². The summed E-state index contributed by atoms with van der Waals surface area (Å²) >= 11 is 23.3. The van der Waals surface area contributed by atoms with Crippen LogP contribution in [-0.4, -0.2) is 36.7 Å². The maximum absolute atomic E-state index is 12.1. The minimum absolute atomic E-state index is 0.0868. The Morgan fingerprint density at radius 1 is 1.04 bits per heavy atom. The molecule has 0 atom stereocenters. The Morgan fingerprint density at radius 2 is 1.74 bits per heavy atom. The standard InChI is InChI=1S/C16H10Cl4N2O5/c17-11-12(18)14(22-15(20)13(11)19)16(24)27-6-10(23)21-7-1-2-8-9(5-7)26-4-3-25-8/h1-2,5H,3-4,6H2,(H,21,23). The van der Waals surface area contributed by atoms with Gasteiger partial charge in [-0.3, -0.25) is 4.79 Å².